The van der Waals surface area contributed by atoms with Crippen molar-refractivity contribution in [3.05, 3.63) is 46.8 Å². The number of H-pyrrole nitrogens is 2. The highest BCUT2D eigenvalue weighted by atomic mass is 16.5. The van der Waals surface area contributed by atoms with Crippen molar-refractivity contribution in [1.82, 2.24) is 15.2 Å². The molecule has 0 aliphatic heterocycles. The molecule has 0 bridgehead atoms. The van der Waals surface area contributed by atoms with Gasteiger partial charge in [0.15, 0.2) is 28.2 Å². The van der Waals surface area contributed by atoms with Crippen molar-refractivity contribution in [1.29, 1.82) is 0 Å². The summed E-state index contributed by atoms with van der Waals surface area (Å²) in [6.07, 6.45) is 1.81. The Balaban J connectivity index is 1.97. The molecule has 0 spiro atoms. The number of ether oxygens (including phenoxy) is 3. The van der Waals surface area contributed by atoms with Gasteiger partial charge in [-0.05, 0) is 18.2 Å². The fourth-order valence-corrected chi connectivity index (χ4v) is 3.66. The van der Waals surface area contributed by atoms with Crippen LogP contribution in [-0.4, -0.2) is 36.5 Å². The molecule has 146 valence electrons. The number of pyridine rings is 1. The highest BCUT2D eigenvalue weighted by Crippen LogP contribution is 2.45. The second kappa shape index (κ2) is 6.30. The van der Waals surface area contributed by atoms with Gasteiger partial charge >= 0.3 is 0 Å². The number of hydrogen-bond donors (Lipinski definition) is 2. The van der Waals surface area contributed by atoms with Crippen molar-refractivity contribution in [2.45, 2.75) is 0 Å². The maximum absolute atomic E-state index is 11.8. The molecule has 0 radical (unpaired) electrons. The lowest BCUT2D eigenvalue weighted by atomic mass is 10.00. The van der Waals surface area contributed by atoms with Gasteiger partial charge in [-0.1, -0.05) is 0 Å². The van der Waals surface area contributed by atoms with Crippen LogP contribution in [0.5, 0.6) is 17.2 Å². The Labute approximate surface area is 164 Å². The van der Waals surface area contributed by atoms with E-state index in [9.17, 15) is 4.79 Å². The maximum Gasteiger partial charge on any atom is 0.182 e. The minimum atomic E-state index is -0.124. The molecule has 3 heterocycles. The van der Waals surface area contributed by atoms with Gasteiger partial charge in [0.25, 0.3) is 0 Å². The van der Waals surface area contributed by atoms with Crippen LogP contribution >= 0.6 is 0 Å². The van der Waals surface area contributed by atoms with Gasteiger partial charge in [-0.15, -0.1) is 0 Å². The molecule has 0 unspecified atom stereocenters. The van der Waals surface area contributed by atoms with E-state index in [1.165, 1.54) is 12.1 Å². The first kappa shape index (κ1) is 17.2. The first-order chi connectivity index (χ1) is 14.1. The Morgan fingerprint density at radius 1 is 0.931 bits per heavy atom. The summed E-state index contributed by atoms with van der Waals surface area (Å²) in [5.74, 6) is 1.69. The summed E-state index contributed by atoms with van der Waals surface area (Å²) < 4.78 is 22.6. The standard InChI is InChI=1S/C21H17N3O5/c1-26-14-8-17(28-3)16(27-2)7-12(14)18-13-9-22-24-21(13)23-19-11-5-4-10(25)6-15(11)29-20(18)19/h4-9H,1-3H3,(H2,22,23,24). The molecule has 3 aromatic heterocycles. The topological polar surface area (TPSA) is 102 Å². The summed E-state index contributed by atoms with van der Waals surface area (Å²) in [6, 6.07) is 8.30. The number of fused-ring (bicyclic) bond motifs is 4. The van der Waals surface area contributed by atoms with Crippen molar-refractivity contribution in [3.63, 3.8) is 0 Å². The molecule has 8 heteroatoms. The van der Waals surface area contributed by atoms with Crippen molar-refractivity contribution >= 4 is 33.1 Å². The van der Waals surface area contributed by atoms with Crippen LogP contribution in [0.2, 0.25) is 0 Å². The summed E-state index contributed by atoms with van der Waals surface area (Å²) in [5.41, 5.74) is 3.73. The van der Waals surface area contributed by atoms with E-state index >= 15 is 0 Å². The lowest BCUT2D eigenvalue weighted by molar-refractivity contribution is 0.349. The van der Waals surface area contributed by atoms with Gasteiger partial charge in [-0.2, -0.15) is 0 Å². The second-order valence-corrected chi connectivity index (χ2v) is 6.51. The van der Waals surface area contributed by atoms with E-state index in [2.05, 4.69) is 10.2 Å². The number of aromatic nitrogens is 3. The molecule has 0 saturated heterocycles. The number of hydrogen-bond acceptors (Lipinski definition) is 6. The average molecular weight is 391 g/mol. The first-order valence-corrected chi connectivity index (χ1v) is 8.87. The smallest absolute Gasteiger partial charge is 0.182 e. The SMILES string of the molecule is COc1cc(OC)c(-c2c3c[nH][nH]c3nc3c2oc2cc(=O)ccc23)cc1OC. The maximum atomic E-state index is 11.8. The zero-order valence-corrected chi connectivity index (χ0v) is 16.0. The van der Waals surface area contributed by atoms with E-state index in [4.69, 9.17) is 23.6 Å². The Bertz CT molecular complexity index is 1440. The van der Waals surface area contributed by atoms with Gasteiger partial charge in [0.2, 0.25) is 0 Å². The third-order valence-electron chi connectivity index (χ3n) is 4.99. The monoisotopic (exact) mass is 391 g/mol. The van der Waals surface area contributed by atoms with Crippen molar-refractivity contribution in [3.8, 4) is 28.4 Å². The van der Waals surface area contributed by atoms with Crippen LogP contribution in [0.1, 0.15) is 0 Å². The first-order valence-electron chi connectivity index (χ1n) is 8.87. The van der Waals surface area contributed by atoms with Gasteiger partial charge in [-0.25, -0.2) is 4.98 Å². The Kier molecular flexibility index (Phi) is 3.73. The van der Waals surface area contributed by atoms with E-state index in [0.717, 1.165) is 21.9 Å². The molecule has 5 rings (SSSR count). The van der Waals surface area contributed by atoms with Crippen molar-refractivity contribution in [2.75, 3.05) is 21.3 Å². The molecule has 2 aromatic carbocycles. The predicted molar refractivity (Wildman–Crippen MR) is 109 cm³/mol. The zero-order valence-electron chi connectivity index (χ0n) is 16.0. The molecule has 0 fully saturated rings. The number of nitrogens with one attached hydrogen (secondary N) is 2. The molecule has 0 amide bonds. The molecule has 0 aliphatic carbocycles. The molecule has 2 N–H and O–H groups in total. The van der Waals surface area contributed by atoms with E-state index < -0.39 is 0 Å². The highest BCUT2D eigenvalue weighted by molar-refractivity contribution is 6.15. The van der Waals surface area contributed by atoms with Gasteiger partial charge in [0.1, 0.15) is 16.8 Å². The summed E-state index contributed by atoms with van der Waals surface area (Å²) in [4.78, 5) is 16.5. The molecule has 5 aromatic rings. The molecule has 29 heavy (non-hydrogen) atoms. The lowest BCUT2D eigenvalue weighted by Crippen LogP contribution is -1.96. The fourth-order valence-electron chi connectivity index (χ4n) is 3.66. The van der Waals surface area contributed by atoms with Crippen LogP contribution in [0.3, 0.4) is 0 Å². The predicted octanol–water partition coefficient (Wildman–Crippen LogP) is 3.84. The van der Waals surface area contributed by atoms with Crippen LogP contribution in [0.4, 0.5) is 0 Å². The van der Waals surface area contributed by atoms with Gasteiger partial charge in [0.05, 0.1) is 21.3 Å². The third kappa shape index (κ3) is 2.46. The lowest BCUT2D eigenvalue weighted by Gasteiger charge is -2.15. The van der Waals surface area contributed by atoms with Crippen LogP contribution in [0.15, 0.2) is 45.7 Å². The Morgan fingerprint density at radius 3 is 2.45 bits per heavy atom. The molecular formula is C21H17N3O5. The molecule has 0 saturated carbocycles. The number of furan rings is 1. The molecule has 0 aliphatic rings. The quantitative estimate of drug-likeness (QED) is 0.483. The largest absolute Gasteiger partial charge is 0.496 e. The number of aromatic amines is 2. The third-order valence-corrected chi connectivity index (χ3v) is 4.99. The number of nitrogens with zero attached hydrogens (tertiary/aromatic N) is 1. The minimum Gasteiger partial charge on any atom is -0.496 e. The van der Waals surface area contributed by atoms with Crippen LogP contribution in [0.25, 0.3) is 44.2 Å². The summed E-state index contributed by atoms with van der Waals surface area (Å²) in [7, 11) is 4.74. The minimum absolute atomic E-state index is 0.124. The van der Waals surface area contributed by atoms with Gasteiger partial charge in [0, 0.05) is 40.2 Å². The fraction of sp³-hybridized carbons (Fsp3) is 0.143. The van der Waals surface area contributed by atoms with Crippen LogP contribution in [0, 0.1) is 0 Å². The highest BCUT2D eigenvalue weighted by Gasteiger charge is 2.23. The number of benzene rings is 2. The van der Waals surface area contributed by atoms with Gasteiger partial charge in [-0.3, -0.25) is 9.89 Å². The van der Waals surface area contributed by atoms with Crippen LogP contribution < -0.4 is 19.6 Å². The molecule has 0 atom stereocenters. The Hall–Kier alpha value is -3.94. The summed E-state index contributed by atoms with van der Waals surface area (Å²) in [6.45, 7) is 0. The average Bonchev–Trinajstić information content (AvgIpc) is 3.34. The summed E-state index contributed by atoms with van der Waals surface area (Å²) >= 11 is 0. The van der Waals surface area contributed by atoms with E-state index in [1.54, 1.807) is 39.7 Å². The molecule has 8 nitrogen and oxygen atoms in total. The second-order valence-electron chi connectivity index (χ2n) is 6.51. The van der Waals surface area contributed by atoms with E-state index in [0.29, 0.717) is 39.6 Å². The Morgan fingerprint density at radius 2 is 1.69 bits per heavy atom. The van der Waals surface area contributed by atoms with E-state index in [-0.39, 0.29) is 5.43 Å². The van der Waals surface area contributed by atoms with Crippen molar-refractivity contribution < 1.29 is 18.6 Å². The van der Waals surface area contributed by atoms with Crippen LogP contribution in [-0.2, 0) is 0 Å². The summed E-state index contributed by atoms with van der Waals surface area (Å²) in [5, 5.41) is 7.59. The van der Waals surface area contributed by atoms with Crippen molar-refractivity contribution in [2.24, 2.45) is 0 Å². The molecular weight excluding hydrogens is 374 g/mol. The normalized spacial score (nSPS) is 11.4. The number of rotatable bonds is 4. The zero-order chi connectivity index (χ0) is 20.1. The number of methoxy groups -OCH3 is 3. The van der Waals surface area contributed by atoms with Gasteiger partial charge < -0.3 is 23.7 Å². The van der Waals surface area contributed by atoms with E-state index in [1.807, 2.05) is 6.07 Å².